The van der Waals surface area contributed by atoms with E-state index in [0.717, 1.165) is 25.9 Å². The van der Waals surface area contributed by atoms with Gasteiger partial charge in [0.25, 0.3) is 0 Å². The van der Waals surface area contributed by atoms with E-state index < -0.39 is 6.10 Å². The molecule has 1 aliphatic carbocycles. The first kappa shape index (κ1) is 17.2. The number of esters is 1. The molecule has 0 amide bonds. The lowest BCUT2D eigenvalue weighted by atomic mass is 10.0. The predicted octanol–water partition coefficient (Wildman–Crippen LogP) is 2.01. The monoisotopic (exact) mass is 336 g/mol. The van der Waals surface area contributed by atoms with Crippen molar-refractivity contribution in [2.24, 2.45) is 5.92 Å². The number of methoxy groups -OCH3 is 1. The number of nitrogens with zero attached hydrogens (tertiary/aromatic N) is 1. The second-order valence-electron chi connectivity index (χ2n) is 6.76. The smallest absolute Gasteiger partial charge is 0.308 e. The van der Waals surface area contributed by atoms with E-state index in [1.54, 1.807) is 12.1 Å². The summed E-state index contributed by atoms with van der Waals surface area (Å²) in [6, 6.07) is 6.96. The summed E-state index contributed by atoms with van der Waals surface area (Å²) in [5, 5.41) is 13.5. The van der Waals surface area contributed by atoms with Gasteiger partial charge in [0, 0.05) is 25.2 Å². The number of anilines is 1. The Morgan fingerprint density at radius 2 is 2.00 bits per heavy atom. The molecule has 5 nitrogen and oxygen atoms in total. The third-order valence-corrected chi connectivity index (χ3v) is 5.26. The summed E-state index contributed by atoms with van der Waals surface area (Å²) < 4.78 is 18.5. The van der Waals surface area contributed by atoms with Crippen LogP contribution < -0.4 is 5.32 Å². The number of ether oxygens (including phenoxy) is 1. The van der Waals surface area contributed by atoms with Crippen LogP contribution in [0.4, 0.5) is 10.1 Å². The standard InChI is InChI=1S/C18H25FN2O3/c1-24-18(23)12-10-16(17(22)11-12)21-8-6-13(7-9-21)20-15-5-3-2-4-14(15)19/h2-5,12-13,16-17,20,22H,6-11H2,1H3/t12-,16-,17+/m0/s1. The van der Waals surface area contributed by atoms with Crippen LogP contribution in [0.2, 0.25) is 0 Å². The molecular weight excluding hydrogens is 311 g/mol. The van der Waals surface area contributed by atoms with Crippen LogP contribution in [0.1, 0.15) is 25.7 Å². The number of halogens is 1. The lowest BCUT2D eigenvalue weighted by Crippen LogP contribution is -2.47. The maximum Gasteiger partial charge on any atom is 0.308 e. The van der Waals surface area contributed by atoms with E-state index in [9.17, 15) is 14.3 Å². The highest BCUT2D eigenvalue weighted by Gasteiger charge is 2.41. The molecule has 6 heteroatoms. The molecule has 24 heavy (non-hydrogen) atoms. The lowest BCUT2D eigenvalue weighted by Gasteiger charge is -2.37. The molecule has 1 aromatic rings. The normalized spacial score (nSPS) is 28.7. The number of carbonyl (C=O) groups excluding carboxylic acids is 1. The Hall–Kier alpha value is -1.66. The number of piperidine rings is 1. The molecule has 1 aliphatic heterocycles. The summed E-state index contributed by atoms with van der Waals surface area (Å²) in [6.07, 6.45) is 2.43. The van der Waals surface area contributed by atoms with Gasteiger partial charge in [0.2, 0.25) is 0 Å². The number of aliphatic hydroxyl groups excluding tert-OH is 1. The fraction of sp³-hybridized carbons (Fsp3) is 0.611. The van der Waals surface area contributed by atoms with E-state index in [2.05, 4.69) is 10.2 Å². The maximum absolute atomic E-state index is 13.7. The van der Waals surface area contributed by atoms with Crippen molar-refractivity contribution in [2.45, 2.75) is 43.9 Å². The zero-order chi connectivity index (χ0) is 17.1. The zero-order valence-electron chi connectivity index (χ0n) is 14.0. The minimum atomic E-state index is -0.481. The third kappa shape index (κ3) is 3.70. The van der Waals surface area contributed by atoms with Crippen LogP contribution in [-0.2, 0) is 9.53 Å². The topological polar surface area (TPSA) is 61.8 Å². The van der Waals surface area contributed by atoms with Crippen LogP contribution >= 0.6 is 0 Å². The molecule has 2 aliphatic rings. The molecule has 1 aromatic carbocycles. The molecular formula is C18H25FN2O3. The molecule has 3 rings (SSSR count). The molecule has 0 aromatic heterocycles. The highest BCUT2D eigenvalue weighted by atomic mass is 19.1. The highest BCUT2D eigenvalue weighted by Crippen LogP contribution is 2.32. The number of rotatable bonds is 4. The number of para-hydroxylation sites is 1. The molecule has 0 unspecified atom stereocenters. The first-order valence-electron chi connectivity index (χ1n) is 8.59. The van der Waals surface area contributed by atoms with E-state index in [0.29, 0.717) is 18.5 Å². The Morgan fingerprint density at radius 3 is 2.67 bits per heavy atom. The Labute approximate surface area is 141 Å². The van der Waals surface area contributed by atoms with E-state index >= 15 is 0 Å². The minimum absolute atomic E-state index is 0.0171. The third-order valence-electron chi connectivity index (χ3n) is 5.26. The van der Waals surface area contributed by atoms with Gasteiger partial charge in [-0.15, -0.1) is 0 Å². The number of benzene rings is 1. The zero-order valence-corrected chi connectivity index (χ0v) is 14.0. The number of nitrogens with one attached hydrogen (secondary N) is 1. The largest absolute Gasteiger partial charge is 0.469 e. The summed E-state index contributed by atoms with van der Waals surface area (Å²) in [5.41, 5.74) is 0.544. The summed E-state index contributed by atoms with van der Waals surface area (Å²) in [7, 11) is 1.39. The predicted molar refractivity (Wildman–Crippen MR) is 89.2 cm³/mol. The SMILES string of the molecule is COC(=O)[C@@H]1C[C@@H](O)[C@@H](N2CCC(Nc3ccccc3F)CC2)C1. The van der Waals surface area contributed by atoms with Gasteiger partial charge in [-0.1, -0.05) is 12.1 Å². The van der Waals surface area contributed by atoms with Crippen LogP contribution in [0, 0.1) is 11.7 Å². The molecule has 0 radical (unpaired) electrons. The van der Waals surface area contributed by atoms with Crippen molar-refractivity contribution >= 4 is 11.7 Å². The molecule has 0 bridgehead atoms. The average molecular weight is 336 g/mol. The number of carbonyl (C=O) groups is 1. The number of aliphatic hydroxyl groups is 1. The van der Waals surface area contributed by atoms with Gasteiger partial charge in [0.15, 0.2) is 0 Å². The second-order valence-corrected chi connectivity index (χ2v) is 6.76. The molecule has 2 fully saturated rings. The van der Waals surface area contributed by atoms with E-state index in [1.165, 1.54) is 13.2 Å². The highest BCUT2D eigenvalue weighted by molar-refractivity contribution is 5.72. The van der Waals surface area contributed by atoms with Crippen molar-refractivity contribution in [2.75, 3.05) is 25.5 Å². The first-order valence-corrected chi connectivity index (χ1v) is 8.59. The van der Waals surface area contributed by atoms with Crippen molar-refractivity contribution in [3.8, 4) is 0 Å². The van der Waals surface area contributed by atoms with Gasteiger partial charge in [0.1, 0.15) is 5.82 Å². The van der Waals surface area contributed by atoms with Crippen molar-refractivity contribution in [1.82, 2.24) is 4.90 Å². The second kappa shape index (κ2) is 7.49. The summed E-state index contributed by atoms with van der Waals surface area (Å²) in [5.74, 6) is -0.663. The van der Waals surface area contributed by atoms with Crippen molar-refractivity contribution in [3.63, 3.8) is 0 Å². The van der Waals surface area contributed by atoms with Crippen LogP contribution in [0.15, 0.2) is 24.3 Å². The Bertz CT molecular complexity index is 575. The molecule has 0 spiro atoms. The van der Waals surface area contributed by atoms with Crippen LogP contribution in [0.3, 0.4) is 0 Å². The molecule has 1 heterocycles. The van der Waals surface area contributed by atoms with Gasteiger partial charge in [-0.3, -0.25) is 9.69 Å². The van der Waals surface area contributed by atoms with Gasteiger partial charge in [-0.05, 0) is 37.8 Å². The summed E-state index contributed by atoms with van der Waals surface area (Å²) in [4.78, 5) is 13.9. The van der Waals surface area contributed by atoms with Crippen molar-refractivity contribution in [3.05, 3.63) is 30.1 Å². The van der Waals surface area contributed by atoms with Gasteiger partial charge < -0.3 is 15.2 Å². The quantitative estimate of drug-likeness (QED) is 0.824. The summed E-state index contributed by atoms with van der Waals surface area (Å²) >= 11 is 0. The fourth-order valence-corrected chi connectivity index (χ4v) is 3.92. The van der Waals surface area contributed by atoms with Crippen molar-refractivity contribution in [1.29, 1.82) is 0 Å². The first-order chi connectivity index (χ1) is 11.6. The number of hydrogen-bond acceptors (Lipinski definition) is 5. The minimum Gasteiger partial charge on any atom is -0.469 e. The molecule has 2 N–H and O–H groups in total. The van der Waals surface area contributed by atoms with Crippen LogP contribution in [-0.4, -0.2) is 54.4 Å². The maximum atomic E-state index is 13.7. The van der Waals surface area contributed by atoms with Gasteiger partial charge >= 0.3 is 5.97 Å². The van der Waals surface area contributed by atoms with Crippen LogP contribution in [0.5, 0.6) is 0 Å². The van der Waals surface area contributed by atoms with Gasteiger partial charge in [-0.25, -0.2) is 4.39 Å². The number of hydrogen-bond donors (Lipinski definition) is 2. The molecule has 1 saturated carbocycles. The van der Waals surface area contributed by atoms with E-state index in [-0.39, 0.29) is 29.8 Å². The Morgan fingerprint density at radius 1 is 1.29 bits per heavy atom. The molecule has 3 atom stereocenters. The lowest BCUT2D eigenvalue weighted by molar-refractivity contribution is -0.145. The average Bonchev–Trinajstić information content (AvgIpc) is 2.99. The Kier molecular flexibility index (Phi) is 5.36. The Balaban J connectivity index is 1.52. The van der Waals surface area contributed by atoms with Gasteiger partial charge in [-0.2, -0.15) is 0 Å². The molecule has 1 saturated heterocycles. The fourth-order valence-electron chi connectivity index (χ4n) is 3.92. The van der Waals surface area contributed by atoms with E-state index in [1.807, 2.05) is 6.07 Å². The van der Waals surface area contributed by atoms with E-state index in [4.69, 9.17) is 4.74 Å². The van der Waals surface area contributed by atoms with Crippen molar-refractivity contribution < 1.29 is 19.0 Å². The molecule has 132 valence electrons. The summed E-state index contributed by atoms with van der Waals surface area (Å²) in [6.45, 7) is 1.67. The van der Waals surface area contributed by atoms with Crippen LogP contribution in [0.25, 0.3) is 0 Å². The van der Waals surface area contributed by atoms with Gasteiger partial charge in [0.05, 0.1) is 24.8 Å². The number of likely N-dealkylation sites (tertiary alicyclic amines) is 1.